The summed E-state index contributed by atoms with van der Waals surface area (Å²) in [5, 5.41) is 11.5. The van der Waals surface area contributed by atoms with Crippen LogP contribution in [0, 0.1) is 0 Å². The lowest BCUT2D eigenvalue weighted by Gasteiger charge is -2.18. The first-order valence-corrected chi connectivity index (χ1v) is 4.82. The zero-order chi connectivity index (χ0) is 11.0. The largest absolute Gasteiger partial charge is 0.480 e. The van der Waals surface area contributed by atoms with Gasteiger partial charge in [0.1, 0.15) is 6.54 Å². The number of hydrogen-bond donors (Lipinski definition) is 2. The van der Waals surface area contributed by atoms with Crippen molar-refractivity contribution in [1.29, 1.82) is 0 Å². The molecule has 0 aromatic heterocycles. The van der Waals surface area contributed by atoms with Gasteiger partial charge < -0.3 is 15.3 Å². The standard InChI is InChI=1S/C9H18N2O3/c1-3-10-6-5-8(12)11(4-2)7-9(13)14/h10H,3-7H2,1-2H3,(H,13,14). The molecular weight excluding hydrogens is 184 g/mol. The van der Waals surface area contributed by atoms with Crippen molar-refractivity contribution in [2.75, 3.05) is 26.2 Å². The molecule has 0 saturated carbocycles. The van der Waals surface area contributed by atoms with Gasteiger partial charge in [-0.3, -0.25) is 9.59 Å². The predicted molar refractivity (Wildman–Crippen MR) is 53.1 cm³/mol. The molecule has 0 aliphatic rings. The van der Waals surface area contributed by atoms with E-state index < -0.39 is 5.97 Å². The van der Waals surface area contributed by atoms with Crippen LogP contribution in [0.4, 0.5) is 0 Å². The van der Waals surface area contributed by atoms with Gasteiger partial charge in [0, 0.05) is 19.5 Å². The highest BCUT2D eigenvalue weighted by Gasteiger charge is 2.13. The summed E-state index contributed by atoms with van der Waals surface area (Å²) in [7, 11) is 0. The van der Waals surface area contributed by atoms with Gasteiger partial charge in [0.15, 0.2) is 0 Å². The second-order valence-electron chi connectivity index (χ2n) is 2.91. The van der Waals surface area contributed by atoms with Crippen molar-refractivity contribution >= 4 is 11.9 Å². The molecule has 5 heteroatoms. The molecule has 0 aromatic rings. The number of rotatable bonds is 7. The van der Waals surface area contributed by atoms with Crippen LogP contribution in [0.3, 0.4) is 0 Å². The number of carboxylic acid groups (broad SMARTS) is 1. The van der Waals surface area contributed by atoms with Crippen LogP contribution >= 0.6 is 0 Å². The third-order valence-electron chi connectivity index (χ3n) is 1.83. The van der Waals surface area contributed by atoms with Gasteiger partial charge in [-0.05, 0) is 13.5 Å². The molecule has 0 radical (unpaired) electrons. The molecular formula is C9H18N2O3. The molecule has 0 heterocycles. The van der Waals surface area contributed by atoms with Crippen molar-refractivity contribution in [3.05, 3.63) is 0 Å². The monoisotopic (exact) mass is 202 g/mol. The van der Waals surface area contributed by atoms with E-state index in [-0.39, 0.29) is 12.5 Å². The Morgan fingerprint density at radius 1 is 1.36 bits per heavy atom. The van der Waals surface area contributed by atoms with E-state index in [0.717, 1.165) is 6.54 Å². The fraction of sp³-hybridized carbons (Fsp3) is 0.778. The molecule has 1 amide bonds. The second-order valence-corrected chi connectivity index (χ2v) is 2.91. The molecule has 82 valence electrons. The Hall–Kier alpha value is -1.10. The first-order valence-electron chi connectivity index (χ1n) is 4.82. The van der Waals surface area contributed by atoms with Crippen LogP contribution in [0.5, 0.6) is 0 Å². The number of amides is 1. The fourth-order valence-corrected chi connectivity index (χ4v) is 1.07. The summed E-state index contributed by atoms with van der Waals surface area (Å²) in [6.07, 6.45) is 0.356. The number of nitrogens with one attached hydrogen (secondary N) is 1. The summed E-state index contributed by atoms with van der Waals surface area (Å²) >= 11 is 0. The van der Waals surface area contributed by atoms with Gasteiger partial charge in [-0.25, -0.2) is 0 Å². The first kappa shape index (κ1) is 12.9. The molecule has 0 unspecified atom stereocenters. The molecule has 0 aromatic carbocycles. The summed E-state index contributed by atoms with van der Waals surface area (Å²) in [4.78, 5) is 23.1. The van der Waals surface area contributed by atoms with Crippen molar-refractivity contribution in [2.24, 2.45) is 0 Å². The Kier molecular flexibility index (Phi) is 6.74. The van der Waals surface area contributed by atoms with Gasteiger partial charge in [0.25, 0.3) is 0 Å². The number of nitrogens with zero attached hydrogens (tertiary/aromatic N) is 1. The third-order valence-corrected chi connectivity index (χ3v) is 1.83. The zero-order valence-electron chi connectivity index (χ0n) is 8.75. The number of hydrogen-bond acceptors (Lipinski definition) is 3. The summed E-state index contributed by atoms with van der Waals surface area (Å²) in [6, 6.07) is 0. The number of carboxylic acids is 1. The average molecular weight is 202 g/mol. The number of aliphatic carboxylic acids is 1. The van der Waals surface area contributed by atoms with Crippen molar-refractivity contribution < 1.29 is 14.7 Å². The smallest absolute Gasteiger partial charge is 0.323 e. The average Bonchev–Trinajstić information content (AvgIpc) is 2.14. The lowest BCUT2D eigenvalue weighted by atomic mass is 10.3. The van der Waals surface area contributed by atoms with Crippen LogP contribution in [-0.2, 0) is 9.59 Å². The van der Waals surface area contributed by atoms with E-state index in [0.29, 0.717) is 19.5 Å². The van der Waals surface area contributed by atoms with Crippen LogP contribution in [-0.4, -0.2) is 48.1 Å². The fourth-order valence-electron chi connectivity index (χ4n) is 1.07. The summed E-state index contributed by atoms with van der Waals surface area (Å²) < 4.78 is 0. The second kappa shape index (κ2) is 7.32. The molecule has 0 atom stereocenters. The Morgan fingerprint density at radius 3 is 2.43 bits per heavy atom. The molecule has 2 N–H and O–H groups in total. The highest BCUT2D eigenvalue weighted by molar-refractivity contribution is 5.81. The molecule has 0 bridgehead atoms. The summed E-state index contributed by atoms with van der Waals surface area (Å²) in [5.41, 5.74) is 0. The molecule has 0 saturated heterocycles. The maximum Gasteiger partial charge on any atom is 0.323 e. The van der Waals surface area contributed by atoms with E-state index in [1.165, 1.54) is 4.90 Å². The topological polar surface area (TPSA) is 69.6 Å². The van der Waals surface area contributed by atoms with Crippen LogP contribution in [0.25, 0.3) is 0 Å². The summed E-state index contributed by atoms with van der Waals surface area (Å²) in [6.45, 7) is 5.38. The van der Waals surface area contributed by atoms with Gasteiger partial charge in [0.2, 0.25) is 5.91 Å². The molecule has 0 rings (SSSR count). The van der Waals surface area contributed by atoms with Crippen LogP contribution in [0.15, 0.2) is 0 Å². The Labute approximate surface area is 84.1 Å². The third kappa shape index (κ3) is 5.53. The quantitative estimate of drug-likeness (QED) is 0.566. The Bertz CT molecular complexity index is 194. The lowest BCUT2D eigenvalue weighted by Crippen LogP contribution is -2.36. The van der Waals surface area contributed by atoms with E-state index >= 15 is 0 Å². The van der Waals surface area contributed by atoms with Crippen LogP contribution in [0.2, 0.25) is 0 Å². The zero-order valence-corrected chi connectivity index (χ0v) is 8.75. The maximum absolute atomic E-state index is 11.4. The van der Waals surface area contributed by atoms with Gasteiger partial charge in [-0.15, -0.1) is 0 Å². The molecule has 0 aliphatic heterocycles. The van der Waals surface area contributed by atoms with Crippen molar-refractivity contribution in [3.8, 4) is 0 Å². The Morgan fingerprint density at radius 2 is 2.00 bits per heavy atom. The van der Waals surface area contributed by atoms with Crippen molar-refractivity contribution in [1.82, 2.24) is 10.2 Å². The molecule has 14 heavy (non-hydrogen) atoms. The molecule has 0 fully saturated rings. The van der Waals surface area contributed by atoms with Crippen LogP contribution in [0.1, 0.15) is 20.3 Å². The minimum Gasteiger partial charge on any atom is -0.480 e. The maximum atomic E-state index is 11.4. The van der Waals surface area contributed by atoms with Crippen molar-refractivity contribution in [3.63, 3.8) is 0 Å². The highest BCUT2D eigenvalue weighted by Crippen LogP contribution is 1.93. The van der Waals surface area contributed by atoms with Gasteiger partial charge in [-0.1, -0.05) is 6.92 Å². The van der Waals surface area contributed by atoms with Gasteiger partial charge in [-0.2, -0.15) is 0 Å². The van der Waals surface area contributed by atoms with E-state index in [9.17, 15) is 9.59 Å². The van der Waals surface area contributed by atoms with Crippen molar-refractivity contribution in [2.45, 2.75) is 20.3 Å². The lowest BCUT2D eigenvalue weighted by molar-refractivity contribution is -0.144. The van der Waals surface area contributed by atoms with Gasteiger partial charge >= 0.3 is 5.97 Å². The van der Waals surface area contributed by atoms with Crippen LogP contribution < -0.4 is 5.32 Å². The minimum atomic E-state index is -0.969. The van der Waals surface area contributed by atoms with E-state index in [4.69, 9.17) is 5.11 Å². The van der Waals surface area contributed by atoms with E-state index in [1.54, 1.807) is 6.92 Å². The van der Waals surface area contributed by atoms with Gasteiger partial charge in [0.05, 0.1) is 0 Å². The number of likely N-dealkylation sites (N-methyl/N-ethyl adjacent to an activating group) is 1. The van der Waals surface area contributed by atoms with E-state index in [1.807, 2.05) is 6.92 Å². The first-order chi connectivity index (χ1) is 6.61. The highest BCUT2D eigenvalue weighted by atomic mass is 16.4. The molecule has 5 nitrogen and oxygen atoms in total. The SMILES string of the molecule is CCNCCC(=O)N(CC)CC(=O)O. The predicted octanol–water partition coefficient (Wildman–Crippen LogP) is -0.0809. The number of carbonyl (C=O) groups is 2. The Balaban J connectivity index is 3.85. The molecule has 0 aliphatic carbocycles. The minimum absolute atomic E-state index is 0.115. The normalized spacial score (nSPS) is 9.86. The molecule has 0 spiro atoms. The van der Waals surface area contributed by atoms with E-state index in [2.05, 4.69) is 5.32 Å². The number of carbonyl (C=O) groups excluding carboxylic acids is 1. The summed E-state index contributed by atoms with van der Waals surface area (Å²) in [5.74, 6) is -1.08.